The second kappa shape index (κ2) is 14.3. The molecule has 3 rings (SSSR count). The van der Waals surface area contributed by atoms with Gasteiger partial charge in [0.2, 0.25) is 11.8 Å². The van der Waals surface area contributed by atoms with Crippen LogP contribution in [0.3, 0.4) is 0 Å². The van der Waals surface area contributed by atoms with E-state index in [1.54, 1.807) is 24.1 Å². The quantitative estimate of drug-likeness (QED) is 0.322. The first-order valence-electron chi connectivity index (χ1n) is 12.1. The Morgan fingerprint density at radius 3 is 2.25 bits per heavy atom. The molecule has 0 spiro atoms. The zero-order chi connectivity index (χ0) is 25.8. The normalized spacial score (nSPS) is 11.5. The summed E-state index contributed by atoms with van der Waals surface area (Å²) in [5.74, 6) is 0.339. The molecule has 0 saturated heterocycles. The summed E-state index contributed by atoms with van der Waals surface area (Å²) in [5, 5.41) is 3.61. The predicted octanol–water partition coefficient (Wildman–Crippen LogP) is 5.20. The molecule has 0 bridgehead atoms. The topological polar surface area (TPSA) is 67.9 Å². The number of methoxy groups -OCH3 is 1. The maximum atomic E-state index is 13.7. The summed E-state index contributed by atoms with van der Waals surface area (Å²) in [7, 11) is 1.61. The summed E-state index contributed by atoms with van der Waals surface area (Å²) >= 11 is 6.03. The lowest BCUT2D eigenvalue weighted by molar-refractivity contribution is -0.141. The van der Waals surface area contributed by atoms with Gasteiger partial charge < -0.3 is 19.7 Å². The Labute approximate surface area is 218 Å². The number of amides is 2. The molecule has 0 radical (unpaired) electrons. The van der Waals surface area contributed by atoms with Crippen LogP contribution in [0.25, 0.3) is 0 Å². The van der Waals surface area contributed by atoms with Crippen LogP contribution in [0.15, 0.2) is 78.9 Å². The summed E-state index contributed by atoms with van der Waals surface area (Å²) in [6.07, 6.45) is 0.840. The molecule has 0 heterocycles. The monoisotopic (exact) mass is 508 g/mol. The summed E-state index contributed by atoms with van der Waals surface area (Å²) in [6.45, 7) is 3.87. The van der Waals surface area contributed by atoms with Gasteiger partial charge in [-0.2, -0.15) is 0 Å². The van der Waals surface area contributed by atoms with Crippen molar-refractivity contribution in [3.05, 3.63) is 101 Å². The van der Waals surface area contributed by atoms with Crippen molar-refractivity contribution in [2.45, 2.75) is 32.4 Å². The number of hydrogen-bond donors (Lipinski definition) is 1. The molecule has 0 aromatic heterocycles. The highest BCUT2D eigenvalue weighted by atomic mass is 35.5. The summed E-state index contributed by atoms with van der Waals surface area (Å²) in [6, 6.07) is 23.3. The molecule has 6 nitrogen and oxygen atoms in total. The molecule has 190 valence electrons. The van der Waals surface area contributed by atoms with Gasteiger partial charge in [0.1, 0.15) is 11.8 Å². The second-order valence-electron chi connectivity index (χ2n) is 8.33. The van der Waals surface area contributed by atoms with Crippen molar-refractivity contribution in [3.63, 3.8) is 0 Å². The lowest BCUT2D eigenvalue weighted by Crippen LogP contribution is -2.44. The van der Waals surface area contributed by atoms with Crippen LogP contribution in [0.2, 0.25) is 5.02 Å². The van der Waals surface area contributed by atoms with Gasteiger partial charge >= 0.3 is 0 Å². The lowest BCUT2D eigenvalue weighted by Gasteiger charge is -2.32. The second-order valence-corrected chi connectivity index (χ2v) is 8.76. The van der Waals surface area contributed by atoms with Crippen LogP contribution in [-0.4, -0.2) is 43.6 Å². The fraction of sp³-hybridized carbons (Fsp3) is 0.310. The van der Waals surface area contributed by atoms with Crippen molar-refractivity contribution in [2.24, 2.45) is 0 Å². The van der Waals surface area contributed by atoms with Crippen LogP contribution in [0.4, 0.5) is 0 Å². The molecule has 0 unspecified atom stereocenters. The summed E-state index contributed by atoms with van der Waals surface area (Å²) in [4.78, 5) is 28.9. The first-order chi connectivity index (χ1) is 17.5. The highest BCUT2D eigenvalue weighted by Crippen LogP contribution is 2.26. The van der Waals surface area contributed by atoms with E-state index < -0.39 is 6.04 Å². The number of nitrogens with zero attached hydrogens (tertiary/aromatic N) is 1. The van der Waals surface area contributed by atoms with Crippen LogP contribution in [0.1, 0.15) is 36.1 Å². The lowest BCUT2D eigenvalue weighted by atomic mass is 10.0. The smallest absolute Gasteiger partial charge is 0.247 e. The van der Waals surface area contributed by atoms with Crippen molar-refractivity contribution in [3.8, 4) is 5.75 Å². The average Bonchev–Trinajstić information content (AvgIpc) is 2.90. The van der Waals surface area contributed by atoms with Gasteiger partial charge in [0.05, 0.1) is 13.5 Å². The van der Waals surface area contributed by atoms with E-state index in [4.69, 9.17) is 21.1 Å². The first-order valence-corrected chi connectivity index (χ1v) is 12.5. The zero-order valence-corrected chi connectivity index (χ0v) is 21.5. The Morgan fingerprint density at radius 1 is 0.944 bits per heavy atom. The van der Waals surface area contributed by atoms with Gasteiger partial charge in [-0.05, 0) is 54.3 Å². The van der Waals surface area contributed by atoms with Gasteiger partial charge in [0.15, 0.2) is 0 Å². The molecule has 3 aromatic carbocycles. The minimum atomic E-state index is -0.791. The summed E-state index contributed by atoms with van der Waals surface area (Å²) in [5.41, 5.74) is 2.47. The third-order valence-corrected chi connectivity index (χ3v) is 6.00. The molecule has 7 heteroatoms. The standard InChI is InChI=1S/C29H33ClN2O4/c1-3-36-19-7-18-31-29(34)28(24-8-5-4-6-9-24)32(21-23-12-16-26(35-2)17-13-23)27(33)20-22-10-14-25(30)15-11-22/h4-6,8-17,28H,3,7,18-21H2,1-2H3,(H,31,34)/t28-/m1/s1. The number of carbonyl (C=O) groups excluding carboxylic acids is 2. The Bertz CT molecular complexity index is 1090. The Kier molecular flexibility index (Phi) is 10.8. The fourth-order valence-corrected chi connectivity index (χ4v) is 3.99. The molecule has 0 aliphatic heterocycles. The summed E-state index contributed by atoms with van der Waals surface area (Å²) < 4.78 is 10.7. The highest BCUT2D eigenvalue weighted by Gasteiger charge is 2.31. The van der Waals surface area contributed by atoms with E-state index in [1.807, 2.05) is 73.7 Å². The molecule has 1 atom stereocenters. The van der Waals surface area contributed by atoms with Crippen molar-refractivity contribution in [1.82, 2.24) is 10.2 Å². The molecule has 0 fully saturated rings. The fourth-order valence-electron chi connectivity index (χ4n) is 3.86. The van der Waals surface area contributed by atoms with Crippen molar-refractivity contribution in [1.29, 1.82) is 0 Å². The van der Waals surface area contributed by atoms with E-state index in [-0.39, 0.29) is 24.8 Å². The molecule has 1 N–H and O–H groups in total. The molecule has 0 aliphatic carbocycles. The Hall–Kier alpha value is -3.35. The number of benzene rings is 3. The number of ether oxygens (including phenoxy) is 2. The molecule has 3 aromatic rings. The zero-order valence-electron chi connectivity index (χ0n) is 20.8. The molecule has 0 saturated carbocycles. The van der Waals surface area contributed by atoms with E-state index in [1.165, 1.54) is 0 Å². The molecular formula is C29H33ClN2O4. The third kappa shape index (κ3) is 8.11. The van der Waals surface area contributed by atoms with Crippen LogP contribution in [0, 0.1) is 0 Å². The number of hydrogen-bond acceptors (Lipinski definition) is 4. The van der Waals surface area contributed by atoms with Crippen LogP contribution in [-0.2, 0) is 27.3 Å². The van der Waals surface area contributed by atoms with Crippen molar-refractivity contribution < 1.29 is 19.1 Å². The number of nitrogens with one attached hydrogen (secondary N) is 1. The van der Waals surface area contributed by atoms with E-state index in [0.717, 1.165) is 22.4 Å². The van der Waals surface area contributed by atoms with Gasteiger partial charge in [-0.25, -0.2) is 0 Å². The van der Waals surface area contributed by atoms with E-state index in [2.05, 4.69) is 5.32 Å². The molecule has 36 heavy (non-hydrogen) atoms. The minimum absolute atomic E-state index is 0.147. The highest BCUT2D eigenvalue weighted by molar-refractivity contribution is 6.30. The molecule has 0 aliphatic rings. The Balaban J connectivity index is 1.91. The van der Waals surface area contributed by atoms with E-state index in [0.29, 0.717) is 31.2 Å². The first kappa shape index (κ1) is 27.2. The third-order valence-electron chi connectivity index (χ3n) is 5.75. The van der Waals surface area contributed by atoms with Crippen molar-refractivity contribution in [2.75, 3.05) is 26.9 Å². The number of halogens is 1. The molecule has 2 amide bonds. The van der Waals surface area contributed by atoms with Gasteiger partial charge in [0, 0.05) is 31.3 Å². The van der Waals surface area contributed by atoms with Crippen LogP contribution in [0.5, 0.6) is 5.75 Å². The SMILES string of the molecule is CCOCCCNC(=O)[C@@H](c1ccccc1)N(Cc1ccc(OC)cc1)C(=O)Cc1ccc(Cl)cc1. The number of rotatable bonds is 13. The van der Waals surface area contributed by atoms with Crippen LogP contribution >= 0.6 is 11.6 Å². The average molecular weight is 509 g/mol. The minimum Gasteiger partial charge on any atom is -0.497 e. The largest absolute Gasteiger partial charge is 0.497 e. The molecular weight excluding hydrogens is 476 g/mol. The predicted molar refractivity (Wildman–Crippen MR) is 142 cm³/mol. The number of carbonyl (C=O) groups is 2. The Morgan fingerprint density at radius 2 is 1.61 bits per heavy atom. The van der Waals surface area contributed by atoms with E-state index in [9.17, 15) is 9.59 Å². The maximum Gasteiger partial charge on any atom is 0.247 e. The van der Waals surface area contributed by atoms with Gasteiger partial charge in [0.25, 0.3) is 0 Å². The van der Waals surface area contributed by atoms with Crippen molar-refractivity contribution >= 4 is 23.4 Å². The van der Waals surface area contributed by atoms with Gasteiger partial charge in [-0.1, -0.05) is 66.2 Å². The maximum absolute atomic E-state index is 13.7. The van der Waals surface area contributed by atoms with Gasteiger partial charge in [-0.15, -0.1) is 0 Å². The van der Waals surface area contributed by atoms with Crippen LogP contribution < -0.4 is 10.1 Å². The van der Waals surface area contributed by atoms with E-state index >= 15 is 0 Å². The van der Waals surface area contributed by atoms with Gasteiger partial charge in [-0.3, -0.25) is 9.59 Å².